The number of likely N-dealkylation sites (tertiary alicyclic amines) is 1. The van der Waals surface area contributed by atoms with Gasteiger partial charge in [-0.3, -0.25) is 9.30 Å². The second kappa shape index (κ2) is 8.84. The average molecular weight is 469 g/mol. The molecular formula is C27H32N8. The summed E-state index contributed by atoms with van der Waals surface area (Å²) >= 11 is 0. The molecule has 8 heteroatoms. The molecule has 8 nitrogen and oxygen atoms in total. The molecule has 1 fully saturated rings. The van der Waals surface area contributed by atoms with E-state index in [1.807, 2.05) is 38.3 Å². The Morgan fingerprint density at radius 1 is 1.17 bits per heavy atom. The molecule has 0 radical (unpaired) electrons. The van der Waals surface area contributed by atoms with Crippen molar-refractivity contribution in [1.29, 1.82) is 5.26 Å². The quantitative estimate of drug-likeness (QED) is 0.412. The third-order valence-electron chi connectivity index (χ3n) is 7.07. The predicted molar refractivity (Wildman–Crippen MR) is 138 cm³/mol. The lowest BCUT2D eigenvalue weighted by atomic mass is 9.86. The minimum absolute atomic E-state index is 0.208. The van der Waals surface area contributed by atoms with Crippen molar-refractivity contribution in [2.24, 2.45) is 5.73 Å². The van der Waals surface area contributed by atoms with Gasteiger partial charge >= 0.3 is 0 Å². The second-order valence-electron chi connectivity index (χ2n) is 9.82. The van der Waals surface area contributed by atoms with Crippen LogP contribution in [0.4, 0.5) is 0 Å². The molecule has 4 aromatic rings. The van der Waals surface area contributed by atoms with Gasteiger partial charge < -0.3 is 15.6 Å². The maximum atomic E-state index is 9.34. The lowest BCUT2D eigenvalue weighted by molar-refractivity contribution is 0.0597. The van der Waals surface area contributed by atoms with Crippen molar-refractivity contribution in [3.05, 3.63) is 77.9 Å². The zero-order valence-corrected chi connectivity index (χ0v) is 20.6. The fourth-order valence-electron chi connectivity index (χ4n) is 5.14. The Kier molecular flexibility index (Phi) is 5.83. The summed E-state index contributed by atoms with van der Waals surface area (Å²) < 4.78 is 4.36. The van der Waals surface area contributed by atoms with Crippen LogP contribution < -0.4 is 11.1 Å². The molecule has 0 spiro atoms. The number of aromatic nitrogens is 4. The predicted octanol–water partition coefficient (Wildman–Crippen LogP) is 3.31. The van der Waals surface area contributed by atoms with E-state index in [-0.39, 0.29) is 5.54 Å². The van der Waals surface area contributed by atoms with Crippen molar-refractivity contribution < 1.29 is 0 Å². The molecule has 0 saturated carbocycles. The highest BCUT2D eigenvalue weighted by molar-refractivity contribution is 5.81. The number of benzene rings is 1. The number of aryl methyl sites for hydroxylation is 1. The van der Waals surface area contributed by atoms with Gasteiger partial charge in [-0.1, -0.05) is 37.3 Å². The van der Waals surface area contributed by atoms with Crippen LogP contribution >= 0.6 is 0 Å². The van der Waals surface area contributed by atoms with E-state index in [1.165, 1.54) is 5.56 Å². The van der Waals surface area contributed by atoms with Crippen LogP contribution in [0.5, 0.6) is 0 Å². The third kappa shape index (κ3) is 4.18. The monoisotopic (exact) mass is 468 g/mol. The molecule has 1 atom stereocenters. The summed E-state index contributed by atoms with van der Waals surface area (Å²) in [6.45, 7) is 9.54. The smallest absolute Gasteiger partial charge is 0.161 e. The van der Waals surface area contributed by atoms with Gasteiger partial charge in [0.25, 0.3) is 0 Å². The standard InChI is InChI=1S/C27H32N8/c1-4-33-18-27(19-33,12-14-28)30-15-13-26(3,29)24-16-23-22(10-11-25-32-31-20(2)35(23)25)34(24)17-21-8-6-5-7-9-21/h5-11,13,15-16,30H,4,12,17-19,29H2,1-3H3/b15-13-. The highest BCUT2D eigenvalue weighted by Gasteiger charge is 2.41. The second-order valence-corrected chi connectivity index (χ2v) is 9.82. The van der Waals surface area contributed by atoms with Crippen LogP contribution in [-0.4, -0.2) is 49.2 Å². The van der Waals surface area contributed by atoms with E-state index in [4.69, 9.17) is 5.73 Å². The van der Waals surface area contributed by atoms with Gasteiger partial charge in [0.2, 0.25) is 0 Å². The molecule has 35 heavy (non-hydrogen) atoms. The number of fused-ring (bicyclic) bond motifs is 3. The summed E-state index contributed by atoms with van der Waals surface area (Å²) in [5.74, 6) is 0.842. The number of rotatable bonds is 8. The van der Waals surface area contributed by atoms with Gasteiger partial charge in [-0.2, -0.15) is 5.26 Å². The van der Waals surface area contributed by atoms with E-state index in [0.717, 1.165) is 47.8 Å². The van der Waals surface area contributed by atoms with Crippen LogP contribution in [0.25, 0.3) is 16.7 Å². The van der Waals surface area contributed by atoms with Crippen LogP contribution in [0.2, 0.25) is 0 Å². The summed E-state index contributed by atoms with van der Waals surface area (Å²) in [5.41, 5.74) is 11.1. The topological polar surface area (TPSA) is 100 Å². The molecule has 1 unspecified atom stereocenters. The number of likely N-dealkylation sites (N-methyl/N-ethyl adjacent to an activating group) is 1. The zero-order chi connectivity index (χ0) is 24.6. The van der Waals surface area contributed by atoms with Crippen molar-refractivity contribution in [3.8, 4) is 6.07 Å². The van der Waals surface area contributed by atoms with Gasteiger partial charge in [0.15, 0.2) is 5.65 Å². The van der Waals surface area contributed by atoms with E-state index in [2.05, 4.69) is 78.8 Å². The van der Waals surface area contributed by atoms with Crippen molar-refractivity contribution in [1.82, 2.24) is 29.4 Å². The number of hydrogen-bond donors (Lipinski definition) is 2. The number of nitrogens with two attached hydrogens (primary N) is 1. The lowest BCUT2D eigenvalue weighted by Crippen LogP contribution is -2.67. The first-order valence-corrected chi connectivity index (χ1v) is 12.1. The molecule has 1 aromatic carbocycles. The van der Waals surface area contributed by atoms with Gasteiger partial charge in [0, 0.05) is 25.3 Å². The molecule has 180 valence electrons. The molecule has 0 bridgehead atoms. The highest BCUT2D eigenvalue weighted by atomic mass is 15.3. The molecule has 3 N–H and O–H groups in total. The van der Waals surface area contributed by atoms with Crippen LogP contribution in [0, 0.1) is 18.3 Å². The fraction of sp³-hybridized carbons (Fsp3) is 0.370. The van der Waals surface area contributed by atoms with Crippen LogP contribution in [0.15, 0.2) is 60.8 Å². The minimum Gasteiger partial charge on any atom is -0.382 e. The summed E-state index contributed by atoms with van der Waals surface area (Å²) in [7, 11) is 0. The van der Waals surface area contributed by atoms with Gasteiger partial charge in [-0.05, 0) is 56.4 Å². The number of hydrogen-bond acceptors (Lipinski definition) is 6. The number of nitrogens with zero attached hydrogens (tertiary/aromatic N) is 6. The fourth-order valence-corrected chi connectivity index (χ4v) is 5.14. The summed E-state index contributed by atoms with van der Waals surface area (Å²) in [6.07, 6.45) is 4.41. The zero-order valence-electron chi connectivity index (χ0n) is 20.6. The van der Waals surface area contributed by atoms with Gasteiger partial charge in [0.05, 0.1) is 34.6 Å². The Morgan fingerprint density at radius 3 is 2.66 bits per heavy atom. The Hall–Kier alpha value is -3.67. The summed E-state index contributed by atoms with van der Waals surface area (Å²) in [4.78, 5) is 2.32. The molecule has 0 amide bonds. The molecule has 0 aliphatic carbocycles. The Labute approximate surface area is 205 Å². The molecule has 1 saturated heterocycles. The summed E-state index contributed by atoms with van der Waals surface area (Å²) in [5, 5.41) is 21.4. The van der Waals surface area contributed by atoms with E-state index >= 15 is 0 Å². The Bertz CT molecular complexity index is 1410. The van der Waals surface area contributed by atoms with Crippen LogP contribution in [0.1, 0.15) is 37.4 Å². The van der Waals surface area contributed by atoms with Crippen molar-refractivity contribution in [3.63, 3.8) is 0 Å². The Morgan fingerprint density at radius 2 is 1.94 bits per heavy atom. The van der Waals surface area contributed by atoms with Gasteiger partial charge in [0.1, 0.15) is 5.82 Å². The molecule has 1 aliphatic heterocycles. The molecule has 3 aromatic heterocycles. The maximum Gasteiger partial charge on any atom is 0.161 e. The van der Waals surface area contributed by atoms with Gasteiger partial charge in [-0.15, -0.1) is 10.2 Å². The van der Waals surface area contributed by atoms with E-state index < -0.39 is 5.54 Å². The maximum absolute atomic E-state index is 9.34. The number of nitrogens with one attached hydrogen (secondary N) is 1. The van der Waals surface area contributed by atoms with Crippen molar-refractivity contribution >= 4 is 16.7 Å². The molecule has 1 aliphatic rings. The first kappa shape index (κ1) is 23.1. The summed E-state index contributed by atoms with van der Waals surface area (Å²) in [6, 6.07) is 19.0. The van der Waals surface area contributed by atoms with Gasteiger partial charge in [-0.25, -0.2) is 0 Å². The minimum atomic E-state index is -0.753. The first-order valence-electron chi connectivity index (χ1n) is 12.1. The van der Waals surface area contributed by atoms with Crippen molar-refractivity contribution in [2.45, 2.75) is 44.8 Å². The normalized spacial score (nSPS) is 17.5. The average Bonchev–Trinajstić information content (AvgIpc) is 3.38. The van der Waals surface area contributed by atoms with Crippen LogP contribution in [0.3, 0.4) is 0 Å². The molecular weight excluding hydrogens is 436 g/mol. The highest BCUT2D eigenvalue weighted by Crippen LogP contribution is 2.30. The van der Waals surface area contributed by atoms with Crippen molar-refractivity contribution in [2.75, 3.05) is 19.6 Å². The number of nitriles is 1. The third-order valence-corrected chi connectivity index (χ3v) is 7.07. The first-order chi connectivity index (χ1) is 16.9. The SMILES string of the molecule is CCN1CC(CC#N)(N/C=C\C(C)(N)c2cc3c(ccc4nnc(C)n43)n2Cc2ccccc2)C1. The Balaban J connectivity index is 1.54. The lowest BCUT2D eigenvalue weighted by Gasteiger charge is -2.49. The largest absolute Gasteiger partial charge is 0.382 e. The van der Waals surface area contributed by atoms with E-state index in [0.29, 0.717) is 13.0 Å². The molecule has 4 heterocycles. The van der Waals surface area contributed by atoms with Crippen LogP contribution in [-0.2, 0) is 12.1 Å². The molecule has 5 rings (SSSR count). The number of pyridine rings is 1. The van der Waals surface area contributed by atoms with E-state index in [9.17, 15) is 5.26 Å². The van der Waals surface area contributed by atoms with E-state index in [1.54, 1.807) is 0 Å².